The molecule has 31 heavy (non-hydrogen) atoms. The number of rotatable bonds is 7. The van der Waals surface area contributed by atoms with Gasteiger partial charge in [0, 0.05) is 29.2 Å². The van der Waals surface area contributed by atoms with Crippen LogP contribution in [0.3, 0.4) is 0 Å². The minimum Gasteiger partial charge on any atom is -0.507 e. The minimum absolute atomic E-state index is 0.00219. The van der Waals surface area contributed by atoms with Crippen LogP contribution < -0.4 is 9.47 Å². The number of likely N-dealkylation sites (N-methyl/N-ethyl adjacent to an activating group) is 1. The summed E-state index contributed by atoms with van der Waals surface area (Å²) < 4.78 is 10.9. The fourth-order valence-electron chi connectivity index (χ4n) is 3.56. The van der Waals surface area contributed by atoms with Gasteiger partial charge in [-0.3, -0.25) is 9.59 Å². The van der Waals surface area contributed by atoms with Gasteiger partial charge in [-0.25, -0.2) is 0 Å². The highest BCUT2D eigenvalue weighted by molar-refractivity contribution is 6.46. The van der Waals surface area contributed by atoms with E-state index < -0.39 is 17.7 Å². The molecule has 2 aromatic carbocycles. The number of carbonyl (C=O) groups excluding carboxylic acids is 2. The Morgan fingerprint density at radius 2 is 1.77 bits per heavy atom. The highest BCUT2D eigenvalue weighted by Gasteiger charge is 2.47. The Morgan fingerprint density at radius 1 is 1.10 bits per heavy atom. The number of Topliss-reactive ketones (excluding diaryl/α,β-unsaturated/α-hetero) is 1. The zero-order valence-electron chi connectivity index (χ0n) is 17.9. The first-order valence-electron chi connectivity index (χ1n) is 9.69. The number of likely N-dealkylation sites (tertiary alicyclic amines) is 1. The molecule has 1 fully saturated rings. The number of benzene rings is 2. The molecule has 2 aromatic rings. The predicted octanol–water partition coefficient (Wildman–Crippen LogP) is 3.34. The summed E-state index contributed by atoms with van der Waals surface area (Å²) in [5, 5.41) is 11.6. The summed E-state index contributed by atoms with van der Waals surface area (Å²) >= 11 is 5.96. The van der Waals surface area contributed by atoms with Crippen LogP contribution in [0.4, 0.5) is 0 Å². The zero-order chi connectivity index (χ0) is 22.7. The molecule has 8 heteroatoms. The molecule has 1 atom stereocenters. The average Bonchev–Trinajstić information content (AvgIpc) is 3.01. The van der Waals surface area contributed by atoms with E-state index in [0.29, 0.717) is 40.7 Å². The molecule has 0 bridgehead atoms. The van der Waals surface area contributed by atoms with E-state index in [1.165, 1.54) is 19.1 Å². The zero-order valence-corrected chi connectivity index (χ0v) is 18.6. The molecule has 0 saturated carbocycles. The number of methoxy groups -OCH3 is 2. The van der Waals surface area contributed by atoms with Crippen molar-refractivity contribution in [1.82, 2.24) is 9.80 Å². The Labute approximate surface area is 186 Å². The monoisotopic (exact) mass is 444 g/mol. The van der Waals surface area contributed by atoms with Crippen LogP contribution in [0.5, 0.6) is 11.5 Å². The number of halogens is 1. The molecular formula is C23H25ClN2O5. The number of hydrogen-bond donors (Lipinski definition) is 1. The molecule has 0 aromatic heterocycles. The molecule has 3 rings (SSSR count). The lowest BCUT2D eigenvalue weighted by molar-refractivity contribution is -0.140. The van der Waals surface area contributed by atoms with Crippen LogP contribution in [0.2, 0.25) is 5.02 Å². The SMILES string of the molecule is COc1ccc(OC)c(C2C(=C(O)c3ccc(Cl)cc3)C(=O)C(=O)N2CCN(C)C)c1. The summed E-state index contributed by atoms with van der Waals surface area (Å²) in [7, 11) is 6.80. The van der Waals surface area contributed by atoms with Crippen LogP contribution in [-0.4, -0.2) is 68.0 Å². The summed E-state index contributed by atoms with van der Waals surface area (Å²) in [5.41, 5.74) is 0.940. The molecule has 1 unspecified atom stereocenters. The van der Waals surface area contributed by atoms with Gasteiger partial charge in [-0.2, -0.15) is 0 Å². The number of nitrogens with zero attached hydrogens (tertiary/aromatic N) is 2. The molecule has 0 spiro atoms. The molecule has 1 aliphatic heterocycles. The Morgan fingerprint density at radius 3 is 2.35 bits per heavy atom. The highest BCUT2D eigenvalue weighted by Crippen LogP contribution is 2.43. The summed E-state index contributed by atoms with van der Waals surface area (Å²) in [6.07, 6.45) is 0. The second-order valence-electron chi connectivity index (χ2n) is 7.41. The Kier molecular flexibility index (Phi) is 6.87. The first kappa shape index (κ1) is 22.7. The van der Waals surface area contributed by atoms with E-state index in [9.17, 15) is 14.7 Å². The van der Waals surface area contributed by atoms with Crippen molar-refractivity contribution < 1.29 is 24.2 Å². The largest absolute Gasteiger partial charge is 0.507 e. The smallest absolute Gasteiger partial charge is 0.295 e. The molecule has 1 saturated heterocycles. The Hall–Kier alpha value is -3.03. The summed E-state index contributed by atoms with van der Waals surface area (Å²) in [4.78, 5) is 29.4. The molecule has 1 amide bonds. The van der Waals surface area contributed by atoms with E-state index in [2.05, 4.69) is 0 Å². The Bertz CT molecular complexity index is 1020. The van der Waals surface area contributed by atoms with Gasteiger partial charge < -0.3 is 24.4 Å². The van der Waals surface area contributed by atoms with Gasteiger partial charge in [-0.1, -0.05) is 11.6 Å². The summed E-state index contributed by atoms with van der Waals surface area (Å²) in [6.45, 7) is 0.830. The van der Waals surface area contributed by atoms with Crippen LogP contribution in [0.1, 0.15) is 17.2 Å². The van der Waals surface area contributed by atoms with E-state index in [1.807, 2.05) is 19.0 Å². The van der Waals surface area contributed by atoms with Crippen molar-refractivity contribution in [1.29, 1.82) is 0 Å². The first-order chi connectivity index (χ1) is 14.8. The van der Waals surface area contributed by atoms with Gasteiger partial charge in [0.1, 0.15) is 17.3 Å². The number of aliphatic hydroxyl groups is 1. The molecule has 0 radical (unpaired) electrons. The predicted molar refractivity (Wildman–Crippen MR) is 119 cm³/mol. The van der Waals surface area contributed by atoms with Gasteiger partial charge in [0.25, 0.3) is 11.7 Å². The van der Waals surface area contributed by atoms with E-state index >= 15 is 0 Å². The third kappa shape index (κ3) is 4.52. The van der Waals surface area contributed by atoms with Crippen molar-refractivity contribution in [2.45, 2.75) is 6.04 Å². The maximum atomic E-state index is 13.1. The summed E-state index contributed by atoms with van der Waals surface area (Å²) in [6, 6.07) is 10.7. The number of ether oxygens (including phenoxy) is 2. The number of amides is 1. The van der Waals surface area contributed by atoms with Crippen molar-refractivity contribution >= 4 is 29.1 Å². The second kappa shape index (κ2) is 9.41. The number of ketones is 1. The van der Waals surface area contributed by atoms with Gasteiger partial charge in [0.15, 0.2) is 0 Å². The van der Waals surface area contributed by atoms with E-state index in [1.54, 1.807) is 42.5 Å². The molecular weight excluding hydrogens is 420 g/mol. The quantitative estimate of drug-likeness (QED) is 0.401. The number of carbonyl (C=O) groups is 2. The van der Waals surface area contributed by atoms with Gasteiger partial charge in [0.2, 0.25) is 0 Å². The normalized spacial score (nSPS) is 18.0. The summed E-state index contributed by atoms with van der Waals surface area (Å²) in [5.74, 6) is -0.671. The molecule has 1 aliphatic rings. The maximum Gasteiger partial charge on any atom is 0.295 e. The fourth-order valence-corrected chi connectivity index (χ4v) is 3.68. The van der Waals surface area contributed by atoms with Crippen molar-refractivity contribution in [2.24, 2.45) is 0 Å². The lowest BCUT2D eigenvalue weighted by Crippen LogP contribution is -2.35. The van der Waals surface area contributed by atoms with Crippen LogP contribution in [0.25, 0.3) is 5.76 Å². The van der Waals surface area contributed by atoms with E-state index in [0.717, 1.165) is 0 Å². The molecule has 0 aliphatic carbocycles. The van der Waals surface area contributed by atoms with Crippen molar-refractivity contribution in [3.63, 3.8) is 0 Å². The molecule has 7 nitrogen and oxygen atoms in total. The van der Waals surface area contributed by atoms with Crippen LogP contribution in [-0.2, 0) is 9.59 Å². The van der Waals surface area contributed by atoms with Crippen molar-refractivity contribution in [3.05, 3.63) is 64.2 Å². The standard InChI is InChI=1S/C23H25ClN2O5/c1-25(2)11-12-26-20(17-13-16(30-3)9-10-18(17)31-4)19(22(28)23(26)29)21(27)14-5-7-15(24)8-6-14/h5-10,13,20,27H,11-12H2,1-4H3. The fraction of sp³-hybridized carbons (Fsp3) is 0.304. The van der Waals surface area contributed by atoms with E-state index in [4.69, 9.17) is 21.1 Å². The highest BCUT2D eigenvalue weighted by atomic mass is 35.5. The molecule has 164 valence electrons. The number of hydrogen-bond acceptors (Lipinski definition) is 6. The lowest BCUT2D eigenvalue weighted by atomic mass is 9.94. The molecule has 1 heterocycles. The van der Waals surface area contributed by atoms with Crippen LogP contribution in [0.15, 0.2) is 48.0 Å². The minimum atomic E-state index is -0.833. The van der Waals surface area contributed by atoms with Gasteiger partial charge in [0.05, 0.1) is 25.8 Å². The van der Waals surface area contributed by atoms with Gasteiger partial charge in [-0.05, 0) is 56.6 Å². The second-order valence-corrected chi connectivity index (χ2v) is 7.85. The topological polar surface area (TPSA) is 79.3 Å². The third-order valence-electron chi connectivity index (χ3n) is 5.18. The van der Waals surface area contributed by atoms with Crippen molar-refractivity contribution in [2.75, 3.05) is 41.4 Å². The number of aliphatic hydroxyl groups excluding tert-OH is 1. The van der Waals surface area contributed by atoms with E-state index in [-0.39, 0.29) is 11.3 Å². The van der Waals surface area contributed by atoms with Gasteiger partial charge >= 0.3 is 0 Å². The Balaban J connectivity index is 2.23. The van der Waals surface area contributed by atoms with Crippen LogP contribution >= 0.6 is 11.6 Å². The average molecular weight is 445 g/mol. The molecule has 1 N–H and O–H groups in total. The lowest BCUT2D eigenvalue weighted by Gasteiger charge is -2.28. The first-order valence-corrected chi connectivity index (χ1v) is 10.1. The van der Waals surface area contributed by atoms with Crippen molar-refractivity contribution in [3.8, 4) is 11.5 Å². The third-order valence-corrected chi connectivity index (χ3v) is 5.43. The van der Waals surface area contributed by atoms with Gasteiger partial charge in [-0.15, -0.1) is 0 Å². The maximum absolute atomic E-state index is 13.1. The van der Waals surface area contributed by atoms with Crippen LogP contribution in [0, 0.1) is 0 Å².